The maximum atomic E-state index is 13.9. The first-order valence-electron chi connectivity index (χ1n) is 11.4. The van der Waals surface area contributed by atoms with Crippen LogP contribution in [0.25, 0.3) is 0 Å². The number of hydrogen-bond acceptors (Lipinski definition) is 5. The quantitative estimate of drug-likeness (QED) is 0.715. The van der Waals surface area contributed by atoms with Gasteiger partial charge in [0.05, 0.1) is 11.7 Å². The summed E-state index contributed by atoms with van der Waals surface area (Å²) in [6.07, 6.45) is 6.03. The van der Waals surface area contributed by atoms with E-state index in [1.807, 2.05) is 0 Å². The molecule has 5 fully saturated rings. The van der Waals surface area contributed by atoms with E-state index in [9.17, 15) is 20.0 Å². The molecular weight excluding hydrogens is 382 g/mol. The lowest BCUT2D eigenvalue weighted by atomic mass is 9.46. The van der Waals surface area contributed by atoms with Gasteiger partial charge in [-0.2, -0.15) is 5.26 Å². The topological polar surface area (TPSA) is 103 Å². The Morgan fingerprint density at radius 2 is 1.80 bits per heavy atom. The van der Waals surface area contributed by atoms with Crippen LogP contribution in [0.15, 0.2) is 0 Å². The molecule has 2 amide bonds. The predicted octanol–water partition coefficient (Wildman–Crippen LogP) is 3.11. The summed E-state index contributed by atoms with van der Waals surface area (Å²) in [5, 5.41) is 23.7. The minimum Gasteiger partial charge on any atom is -0.444 e. The van der Waals surface area contributed by atoms with Crippen molar-refractivity contribution in [3.05, 3.63) is 0 Å². The molecule has 30 heavy (non-hydrogen) atoms. The van der Waals surface area contributed by atoms with E-state index in [4.69, 9.17) is 4.74 Å². The van der Waals surface area contributed by atoms with Gasteiger partial charge in [-0.05, 0) is 90.9 Å². The van der Waals surface area contributed by atoms with Gasteiger partial charge in [-0.25, -0.2) is 4.79 Å². The summed E-state index contributed by atoms with van der Waals surface area (Å²) in [6, 6.07) is 0.941. The second-order valence-corrected chi connectivity index (χ2v) is 11.4. The van der Waals surface area contributed by atoms with E-state index in [0.717, 1.165) is 44.9 Å². The zero-order chi connectivity index (χ0) is 21.9. The number of nitrogens with zero attached hydrogens (tertiary/aromatic N) is 2. The summed E-state index contributed by atoms with van der Waals surface area (Å²) in [5.41, 5.74) is -1.90. The van der Waals surface area contributed by atoms with Crippen LogP contribution in [-0.2, 0) is 9.53 Å². The van der Waals surface area contributed by atoms with Crippen molar-refractivity contribution in [3.8, 4) is 6.07 Å². The number of nitrogens with one attached hydrogen (secondary N) is 1. The number of nitriles is 1. The van der Waals surface area contributed by atoms with E-state index in [1.165, 1.54) is 0 Å². The minimum absolute atomic E-state index is 0.0621. The molecule has 0 spiro atoms. The maximum absolute atomic E-state index is 13.9. The predicted molar refractivity (Wildman–Crippen MR) is 110 cm³/mol. The van der Waals surface area contributed by atoms with E-state index in [-0.39, 0.29) is 11.9 Å². The molecule has 166 valence electrons. The van der Waals surface area contributed by atoms with Crippen LogP contribution < -0.4 is 5.32 Å². The highest BCUT2D eigenvalue weighted by Gasteiger charge is 2.62. The molecule has 5 saturated carbocycles. The lowest BCUT2D eigenvalue weighted by Gasteiger charge is -2.62. The van der Waals surface area contributed by atoms with Gasteiger partial charge >= 0.3 is 6.09 Å². The first-order valence-corrected chi connectivity index (χ1v) is 11.4. The molecule has 5 aliphatic rings. The van der Waals surface area contributed by atoms with Crippen molar-refractivity contribution in [3.63, 3.8) is 0 Å². The Hall–Kier alpha value is -1.81. The van der Waals surface area contributed by atoms with E-state index < -0.39 is 34.8 Å². The van der Waals surface area contributed by atoms with Gasteiger partial charge in [0.15, 0.2) is 0 Å². The van der Waals surface area contributed by atoms with Crippen LogP contribution in [0.1, 0.15) is 79.1 Å². The molecule has 0 saturated heterocycles. The fourth-order valence-electron chi connectivity index (χ4n) is 6.78. The van der Waals surface area contributed by atoms with Gasteiger partial charge in [0.25, 0.3) is 0 Å². The zero-order valence-corrected chi connectivity index (χ0v) is 18.6. The molecule has 4 atom stereocenters. The number of aliphatic hydroxyl groups is 1. The van der Waals surface area contributed by atoms with Crippen LogP contribution in [0.5, 0.6) is 0 Å². The van der Waals surface area contributed by atoms with E-state index in [1.54, 1.807) is 32.6 Å². The Morgan fingerprint density at radius 1 is 1.20 bits per heavy atom. The van der Waals surface area contributed by atoms with Gasteiger partial charge in [-0.3, -0.25) is 4.79 Å². The number of carbonyl (C=O) groups excluding carboxylic acids is 2. The number of alkyl carbamates (subject to hydrolysis) is 1. The SMILES string of the molecule is C[C@@H](C#N)N(C(=O)C(NC(=O)OC(C)(C)C)C12CC3CC(CC(O)(C3)C1)C2)C1CC1. The molecule has 0 aromatic rings. The molecule has 0 aromatic heterocycles. The van der Waals surface area contributed by atoms with Gasteiger partial charge in [0.2, 0.25) is 5.91 Å². The monoisotopic (exact) mass is 417 g/mol. The van der Waals surface area contributed by atoms with Crippen LogP contribution in [0.3, 0.4) is 0 Å². The molecule has 3 unspecified atom stereocenters. The lowest BCUT2D eigenvalue weighted by molar-refractivity contribution is -0.180. The number of hydrogen-bond donors (Lipinski definition) is 2. The van der Waals surface area contributed by atoms with E-state index in [2.05, 4.69) is 11.4 Å². The Morgan fingerprint density at radius 3 is 2.27 bits per heavy atom. The summed E-state index contributed by atoms with van der Waals surface area (Å²) >= 11 is 0. The highest BCUT2D eigenvalue weighted by molar-refractivity contribution is 5.87. The molecule has 5 rings (SSSR count). The van der Waals surface area contributed by atoms with Gasteiger partial charge < -0.3 is 20.1 Å². The van der Waals surface area contributed by atoms with Crippen LogP contribution in [0, 0.1) is 28.6 Å². The van der Waals surface area contributed by atoms with Gasteiger partial charge in [0, 0.05) is 11.5 Å². The van der Waals surface area contributed by atoms with Crippen LogP contribution in [0.4, 0.5) is 4.79 Å². The Kier molecular flexibility index (Phi) is 5.08. The first kappa shape index (κ1) is 21.4. The summed E-state index contributed by atoms with van der Waals surface area (Å²) in [7, 11) is 0. The van der Waals surface area contributed by atoms with Crippen molar-refractivity contribution in [1.29, 1.82) is 5.26 Å². The highest BCUT2D eigenvalue weighted by Crippen LogP contribution is 2.63. The molecule has 5 aliphatic carbocycles. The van der Waals surface area contributed by atoms with Crippen molar-refractivity contribution in [2.45, 2.75) is 108 Å². The minimum atomic E-state index is -0.777. The average molecular weight is 418 g/mol. The Bertz CT molecular complexity index is 749. The van der Waals surface area contributed by atoms with E-state index in [0.29, 0.717) is 18.3 Å². The summed E-state index contributed by atoms with van der Waals surface area (Å²) in [6.45, 7) is 7.13. The second-order valence-electron chi connectivity index (χ2n) is 11.4. The molecule has 2 N–H and O–H groups in total. The second kappa shape index (κ2) is 7.12. The van der Waals surface area contributed by atoms with E-state index >= 15 is 0 Å². The third-order valence-electron chi connectivity index (χ3n) is 7.39. The summed E-state index contributed by atoms with van der Waals surface area (Å²) < 4.78 is 5.50. The van der Waals surface area contributed by atoms with Crippen molar-refractivity contribution in [2.75, 3.05) is 0 Å². The van der Waals surface area contributed by atoms with Gasteiger partial charge in [-0.15, -0.1) is 0 Å². The third kappa shape index (κ3) is 4.03. The molecular formula is C23H35N3O4. The fourth-order valence-corrected chi connectivity index (χ4v) is 6.78. The molecule has 0 aromatic carbocycles. The molecule has 7 nitrogen and oxygen atoms in total. The van der Waals surface area contributed by atoms with Gasteiger partial charge in [-0.1, -0.05) is 0 Å². The van der Waals surface area contributed by atoms with Gasteiger partial charge in [0.1, 0.15) is 17.7 Å². The van der Waals surface area contributed by atoms with Crippen LogP contribution in [-0.4, -0.2) is 51.3 Å². The first-order chi connectivity index (χ1) is 13.9. The number of carbonyl (C=O) groups is 2. The number of amides is 2. The van der Waals surface area contributed by atoms with Crippen LogP contribution >= 0.6 is 0 Å². The largest absolute Gasteiger partial charge is 0.444 e. The smallest absolute Gasteiger partial charge is 0.408 e. The van der Waals surface area contributed by atoms with Crippen molar-refractivity contribution in [1.82, 2.24) is 10.2 Å². The molecule has 0 aliphatic heterocycles. The third-order valence-corrected chi connectivity index (χ3v) is 7.39. The standard InChI is InChI=1S/C23H35N3O4/c1-14(12-24)26(17-5-6-17)19(27)18(25-20(28)30-21(2,3)4)22-8-15-7-16(9-22)11-23(29,10-15)13-22/h14-18,29H,5-11,13H2,1-4H3,(H,25,28)/t14-,15?,16?,18?,22?,23?/m0/s1. The Balaban J connectivity index is 1.66. The average Bonchev–Trinajstić information content (AvgIpc) is 3.40. The molecule has 4 bridgehead atoms. The van der Waals surface area contributed by atoms with Crippen molar-refractivity contribution >= 4 is 12.0 Å². The summed E-state index contributed by atoms with van der Waals surface area (Å²) in [5.74, 6) is 0.576. The summed E-state index contributed by atoms with van der Waals surface area (Å²) in [4.78, 5) is 28.3. The zero-order valence-electron chi connectivity index (χ0n) is 18.6. The number of ether oxygens (including phenoxy) is 1. The highest BCUT2D eigenvalue weighted by atomic mass is 16.6. The molecule has 0 heterocycles. The van der Waals surface area contributed by atoms with Crippen molar-refractivity contribution < 1.29 is 19.4 Å². The fraction of sp³-hybridized carbons (Fsp3) is 0.870. The normalized spacial score (nSPS) is 36.5. The number of rotatable bonds is 5. The Labute approximate surface area is 179 Å². The maximum Gasteiger partial charge on any atom is 0.408 e. The van der Waals surface area contributed by atoms with Crippen molar-refractivity contribution in [2.24, 2.45) is 17.3 Å². The molecule has 0 radical (unpaired) electrons. The lowest BCUT2D eigenvalue weighted by Crippen LogP contribution is -2.67. The molecule has 7 heteroatoms. The van der Waals surface area contributed by atoms with Crippen LogP contribution in [0.2, 0.25) is 0 Å².